The van der Waals surface area contributed by atoms with Crippen LogP contribution in [-0.2, 0) is 6.54 Å². The summed E-state index contributed by atoms with van der Waals surface area (Å²) in [4.78, 5) is 12.8. The van der Waals surface area contributed by atoms with Crippen LogP contribution in [0, 0.1) is 5.82 Å². The normalized spacial score (nSPS) is 11.2. The van der Waals surface area contributed by atoms with Gasteiger partial charge in [0.1, 0.15) is 5.82 Å². The number of halogens is 1. The van der Waals surface area contributed by atoms with Gasteiger partial charge in [0.05, 0.1) is 5.56 Å². The number of rotatable bonds is 5. The van der Waals surface area contributed by atoms with E-state index in [-0.39, 0.29) is 5.56 Å². The van der Waals surface area contributed by atoms with Crippen molar-refractivity contribution in [1.29, 1.82) is 0 Å². The van der Waals surface area contributed by atoms with E-state index in [0.717, 1.165) is 12.1 Å². The summed E-state index contributed by atoms with van der Waals surface area (Å²) >= 11 is 0. The van der Waals surface area contributed by atoms with Crippen LogP contribution >= 0.6 is 0 Å². The number of carboxylic acid groups (broad SMARTS) is 1. The monoisotopic (exact) mass is 239 g/mol. The first-order valence-electron chi connectivity index (χ1n) is 5.71. The number of benzene rings is 1. The predicted octanol–water partition coefficient (Wildman–Crippen LogP) is 2.75. The Kier molecular flexibility index (Phi) is 4.63. The van der Waals surface area contributed by atoms with Crippen LogP contribution in [0.4, 0.5) is 4.39 Å². The molecule has 94 valence electrons. The van der Waals surface area contributed by atoms with E-state index in [2.05, 4.69) is 18.7 Å². The van der Waals surface area contributed by atoms with Gasteiger partial charge >= 0.3 is 5.97 Å². The molecule has 0 saturated heterocycles. The zero-order valence-electron chi connectivity index (χ0n) is 10.4. The van der Waals surface area contributed by atoms with E-state index >= 15 is 0 Å². The third-order valence-corrected chi connectivity index (χ3v) is 2.79. The van der Waals surface area contributed by atoms with Crippen molar-refractivity contribution in [3.63, 3.8) is 0 Å². The lowest BCUT2D eigenvalue weighted by molar-refractivity contribution is 0.0692. The van der Waals surface area contributed by atoms with Crippen molar-refractivity contribution in [2.24, 2.45) is 0 Å². The number of aromatic carboxylic acids is 1. The summed E-state index contributed by atoms with van der Waals surface area (Å²) in [5.74, 6) is -1.90. The summed E-state index contributed by atoms with van der Waals surface area (Å²) in [5, 5.41) is 8.72. The Labute approximate surface area is 101 Å². The van der Waals surface area contributed by atoms with Gasteiger partial charge in [-0.2, -0.15) is 0 Å². The molecule has 0 radical (unpaired) electrons. The highest BCUT2D eigenvalue weighted by molar-refractivity contribution is 5.87. The quantitative estimate of drug-likeness (QED) is 0.859. The molecule has 1 aromatic carbocycles. The van der Waals surface area contributed by atoms with E-state index in [4.69, 9.17) is 5.11 Å². The molecule has 0 saturated carbocycles. The first kappa shape index (κ1) is 13.6. The SMILES string of the molecule is CCN(Cc1ccc(C(=O)O)c(F)c1)C(C)C. The fourth-order valence-corrected chi connectivity index (χ4v) is 1.72. The van der Waals surface area contributed by atoms with Crippen LogP contribution in [0.2, 0.25) is 0 Å². The summed E-state index contributed by atoms with van der Waals surface area (Å²) in [6.45, 7) is 7.70. The standard InChI is InChI=1S/C13H18FNO2/c1-4-15(9(2)3)8-10-5-6-11(13(16)17)12(14)7-10/h5-7,9H,4,8H2,1-3H3,(H,16,17). The summed E-state index contributed by atoms with van der Waals surface area (Å²) in [7, 11) is 0. The second kappa shape index (κ2) is 5.77. The minimum Gasteiger partial charge on any atom is -0.478 e. The van der Waals surface area contributed by atoms with E-state index < -0.39 is 11.8 Å². The highest BCUT2D eigenvalue weighted by atomic mass is 19.1. The van der Waals surface area contributed by atoms with Gasteiger partial charge in [0.25, 0.3) is 0 Å². The molecule has 1 aromatic rings. The Morgan fingerprint density at radius 1 is 1.47 bits per heavy atom. The van der Waals surface area contributed by atoms with E-state index in [1.165, 1.54) is 12.1 Å². The van der Waals surface area contributed by atoms with Gasteiger partial charge in [0.15, 0.2) is 0 Å². The van der Waals surface area contributed by atoms with E-state index in [1.807, 2.05) is 6.92 Å². The van der Waals surface area contributed by atoms with Gasteiger partial charge in [-0.15, -0.1) is 0 Å². The highest BCUT2D eigenvalue weighted by Gasteiger charge is 2.12. The molecule has 4 heteroatoms. The maximum absolute atomic E-state index is 13.5. The first-order chi connectivity index (χ1) is 7.95. The largest absolute Gasteiger partial charge is 0.478 e. The number of hydrogen-bond donors (Lipinski definition) is 1. The first-order valence-corrected chi connectivity index (χ1v) is 5.71. The van der Waals surface area contributed by atoms with E-state index in [9.17, 15) is 9.18 Å². The van der Waals surface area contributed by atoms with Gasteiger partial charge < -0.3 is 5.11 Å². The lowest BCUT2D eigenvalue weighted by Gasteiger charge is -2.24. The van der Waals surface area contributed by atoms with Crippen molar-refractivity contribution in [1.82, 2.24) is 4.90 Å². The van der Waals surface area contributed by atoms with Crippen molar-refractivity contribution in [3.05, 3.63) is 35.1 Å². The van der Waals surface area contributed by atoms with Crippen LogP contribution < -0.4 is 0 Å². The molecule has 0 unspecified atom stereocenters. The second-order valence-electron chi connectivity index (χ2n) is 4.28. The predicted molar refractivity (Wildman–Crippen MR) is 64.6 cm³/mol. The Hall–Kier alpha value is -1.42. The van der Waals surface area contributed by atoms with Gasteiger partial charge in [-0.25, -0.2) is 9.18 Å². The molecule has 0 bridgehead atoms. The van der Waals surface area contributed by atoms with Crippen LogP contribution in [0.15, 0.2) is 18.2 Å². The lowest BCUT2D eigenvalue weighted by Crippen LogP contribution is -2.30. The Bertz CT molecular complexity index is 404. The average Bonchev–Trinajstić information content (AvgIpc) is 2.24. The molecule has 0 aliphatic carbocycles. The molecule has 1 rings (SSSR count). The minimum atomic E-state index is -1.23. The molecular formula is C13H18FNO2. The Morgan fingerprint density at radius 3 is 2.53 bits per heavy atom. The minimum absolute atomic E-state index is 0.277. The highest BCUT2D eigenvalue weighted by Crippen LogP contribution is 2.13. The van der Waals surface area contributed by atoms with Crippen molar-refractivity contribution >= 4 is 5.97 Å². The maximum Gasteiger partial charge on any atom is 0.338 e. The van der Waals surface area contributed by atoms with Gasteiger partial charge in [-0.1, -0.05) is 13.0 Å². The van der Waals surface area contributed by atoms with Crippen LogP contribution in [0.1, 0.15) is 36.7 Å². The van der Waals surface area contributed by atoms with Crippen LogP contribution in [0.25, 0.3) is 0 Å². The fraction of sp³-hybridized carbons (Fsp3) is 0.462. The molecule has 3 nitrogen and oxygen atoms in total. The number of carboxylic acids is 1. The zero-order valence-corrected chi connectivity index (χ0v) is 10.4. The third kappa shape index (κ3) is 3.53. The lowest BCUT2D eigenvalue weighted by atomic mass is 10.1. The second-order valence-corrected chi connectivity index (χ2v) is 4.28. The van der Waals surface area contributed by atoms with E-state index in [1.54, 1.807) is 6.07 Å². The van der Waals surface area contributed by atoms with Crippen LogP contribution in [0.5, 0.6) is 0 Å². The summed E-state index contributed by atoms with van der Waals surface area (Å²) in [5.41, 5.74) is 0.518. The van der Waals surface area contributed by atoms with Crippen molar-refractivity contribution in [2.45, 2.75) is 33.4 Å². The molecule has 0 fully saturated rings. The molecule has 17 heavy (non-hydrogen) atoms. The van der Waals surface area contributed by atoms with Crippen LogP contribution in [0.3, 0.4) is 0 Å². The summed E-state index contributed by atoms with van der Waals surface area (Å²) in [6, 6.07) is 4.66. The van der Waals surface area contributed by atoms with Gasteiger partial charge in [-0.3, -0.25) is 4.90 Å². The summed E-state index contributed by atoms with van der Waals surface area (Å²) < 4.78 is 13.5. The summed E-state index contributed by atoms with van der Waals surface area (Å²) in [6.07, 6.45) is 0. The van der Waals surface area contributed by atoms with Crippen molar-refractivity contribution < 1.29 is 14.3 Å². The zero-order chi connectivity index (χ0) is 13.0. The molecule has 0 aliphatic rings. The number of nitrogens with zero attached hydrogens (tertiary/aromatic N) is 1. The van der Waals surface area contributed by atoms with E-state index in [0.29, 0.717) is 12.6 Å². The fourth-order valence-electron chi connectivity index (χ4n) is 1.72. The van der Waals surface area contributed by atoms with Gasteiger partial charge in [-0.05, 0) is 38.1 Å². The molecule has 0 amide bonds. The molecule has 0 aromatic heterocycles. The average molecular weight is 239 g/mol. The Balaban J connectivity index is 2.87. The molecule has 1 N–H and O–H groups in total. The smallest absolute Gasteiger partial charge is 0.338 e. The molecular weight excluding hydrogens is 221 g/mol. The molecule has 0 heterocycles. The van der Waals surface area contributed by atoms with Gasteiger partial charge in [0, 0.05) is 12.6 Å². The topological polar surface area (TPSA) is 40.5 Å². The number of carbonyl (C=O) groups is 1. The molecule has 0 atom stereocenters. The number of hydrogen-bond acceptors (Lipinski definition) is 2. The van der Waals surface area contributed by atoms with Crippen LogP contribution in [-0.4, -0.2) is 28.6 Å². The Morgan fingerprint density at radius 2 is 2.12 bits per heavy atom. The maximum atomic E-state index is 13.5. The van der Waals surface area contributed by atoms with Crippen molar-refractivity contribution in [3.8, 4) is 0 Å². The molecule has 0 aliphatic heterocycles. The third-order valence-electron chi connectivity index (χ3n) is 2.79. The van der Waals surface area contributed by atoms with Crippen molar-refractivity contribution in [2.75, 3.05) is 6.54 Å². The molecule has 0 spiro atoms. The van der Waals surface area contributed by atoms with Gasteiger partial charge in [0.2, 0.25) is 0 Å².